The van der Waals surface area contributed by atoms with E-state index < -0.39 is 0 Å². The van der Waals surface area contributed by atoms with Crippen LogP contribution in [0.1, 0.15) is 42.2 Å². The van der Waals surface area contributed by atoms with Crippen molar-refractivity contribution in [3.8, 4) is 11.1 Å². The largest absolute Gasteiger partial charge is 0.356 e. The molecule has 4 unspecified atom stereocenters. The Morgan fingerprint density at radius 3 is 1.23 bits per heavy atom. The summed E-state index contributed by atoms with van der Waals surface area (Å²) in [4.78, 5) is 36.0. The average Bonchev–Trinajstić information content (AvgIpc) is 3.10. The monoisotopic (exact) mass is 591 g/mol. The van der Waals surface area contributed by atoms with E-state index in [1.807, 2.05) is 84.6 Å². The molecule has 0 bridgehead atoms. The summed E-state index contributed by atoms with van der Waals surface area (Å²) in [5.74, 6) is 0. The third kappa shape index (κ3) is 5.31. The molecule has 7 rings (SSSR count). The quantitative estimate of drug-likeness (QED) is 0.203. The molecule has 0 aromatic heterocycles. The van der Waals surface area contributed by atoms with E-state index in [2.05, 4.69) is 65.6 Å². The summed E-state index contributed by atoms with van der Waals surface area (Å²) in [6.45, 7) is 0. The van der Waals surface area contributed by atoms with Gasteiger partial charge in [0.1, 0.15) is 18.9 Å². The van der Waals surface area contributed by atoms with Gasteiger partial charge in [0.05, 0.1) is 12.1 Å². The maximum Gasteiger partial charge on any atom is 0.150 e. The summed E-state index contributed by atoms with van der Waals surface area (Å²) in [6, 6.07) is 32.2. The Morgan fingerprint density at radius 1 is 0.477 bits per heavy atom. The van der Waals surface area contributed by atoms with Gasteiger partial charge in [-0.25, -0.2) is 0 Å². The number of benzene rings is 4. The van der Waals surface area contributed by atoms with Crippen LogP contribution in [0.4, 0.5) is 5.69 Å². The van der Waals surface area contributed by atoms with Crippen LogP contribution in [-0.4, -0.2) is 41.4 Å². The summed E-state index contributed by atoms with van der Waals surface area (Å²) >= 11 is 1.98. The molecule has 1 aliphatic heterocycles. The molecule has 0 amide bonds. The number of carbonyl (C=O) groups excluding carboxylic acids is 3. The van der Waals surface area contributed by atoms with Crippen LogP contribution in [0.15, 0.2) is 134 Å². The zero-order chi connectivity index (χ0) is 30.0. The minimum absolute atomic E-state index is 0.156. The fourth-order valence-electron chi connectivity index (χ4n) is 6.23. The fraction of sp³-hybridized carbons (Fsp3) is 0.103. The van der Waals surface area contributed by atoms with Gasteiger partial charge in [-0.1, -0.05) is 121 Å². The number of allylic oxidation sites excluding steroid dienone is 4. The lowest BCUT2D eigenvalue weighted by atomic mass is 9.90. The zero-order valence-corrected chi connectivity index (χ0v) is 24.6. The Labute approximate surface area is 261 Å². The summed E-state index contributed by atoms with van der Waals surface area (Å²) in [5.41, 5.74) is 9.84. The fourth-order valence-corrected chi connectivity index (χ4v) is 7.80. The highest BCUT2D eigenvalue weighted by Gasteiger charge is 2.42. The van der Waals surface area contributed by atoms with Crippen LogP contribution in [0.3, 0.4) is 0 Å². The molecule has 4 atom stereocenters. The van der Waals surface area contributed by atoms with Crippen LogP contribution < -0.4 is 4.90 Å². The lowest BCUT2D eigenvalue weighted by molar-refractivity contribution is 0.111. The average molecular weight is 592 g/mol. The lowest BCUT2D eigenvalue weighted by Crippen LogP contribution is -2.56. The number of aldehydes is 3. The number of carbonyl (C=O) groups is 3. The van der Waals surface area contributed by atoms with E-state index in [-0.39, 0.29) is 22.6 Å². The van der Waals surface area contributed by atoms with Gasteiger partial charge in [0.25, 0.3) is 0 Å². The van der Waals surface area contributed by atoms with Gasteiger partial charge in [0, 0.05) is 32.9 Å². The van der Waals surface area contributed by atoms with E-state index in [0.717, 1.165) is 57.9 Å². The maximum absolute atomic E-state index is 11.2. The van der Waals surface area contributed by atoms with Gasteiger partial charge in [0.15, 0.2) is 0 Å². The first kappa shape index (κ1) is 27.8. The molecule has 0 spiro atoms. The standard InChI is InChI=1S/C39H29NO3S/c41-23-26-1-7-29(8-2-26)30-13-17-35(18-14-30)40-36-19-15-33(31-9-3-27(24-42)4-10-31)21-38(36)44-39-22-34(16-20-37(39)40)32-11-5-28(25-43)6-12-32/h1-25,36-39H. The maximum atomic E-state index is 11.2. The highest BCUT2D eigenvalue weighted by atomic mass is 32.2. The van der Waals surface area contributed by atoms with E-state index in [1.54, 1.807) is 0 Å². The number of hydrogen-bond donors (Lipinski definition) is 0. The molecule has 3 aliphatic rings. The van der Waals surface area contributed by atoms with Crippen LogP contribution in [-0.2, 0) is 0 Å². The van der Waals surface area contributed by atoms with Gasteiger partial charge >= 0.3 is 0 Å². The lowest BCUT2D eigenvalue weighted by Gasteiger charge is -2.50. The molecule has 0 radical (unpaired) electrons. The minimum Gasteiger partial charge on any atom is -0.356 e. The van der Waals surface area contributed by atoms with E-state index in [9.17, 15) is 14.4 Å². The Balaban J connectivity index is 1.24. The number of hydrogen-bond acceptors (Lipinski definition) is 5. The smallest absolute Gasteiger partial charge is 0.150 e. The van der Waals surface area contributed by atoms with E-state index in [0.29, 0.717) is 16.7 Å². The molecule has 1 fully saturated rings. The molecule has 2 aliphatic carbocycles. The summed E-state index contributed by atoms with van der Waals surface area (Å²) in [7, 11) is 0. The van der Waals surface area contributed by atoms with Crippen LogP contribution >= 0.6 is 11.8 Å². The third-order valence-electron chi connectivity index (χ3n) is 8.57. The van der Waals surface area contributed by atoms with Crippen molar-refractivity contribution in [1.29, 1.82) is 0 Å². The SMILES string of the molecule is O=Cc1ccc(C2=CC3SC4C=C(c5ccc(C=O)cc5)C=CC4N(c4ccc(-c5ccc(C=O)cc5)cc4)C3C=C2)cc1. The molecule has 0 saturated carbocycles. The first-order valence-electron chi connectivity index (χ1n) is 14.6. The molecule has 5 heteroatoms. The number of rotatable bonds is 7. The summed E-state index contributed by atoms with van der Waals surface area (Å²) < 4.78 is 0. The van der Waals surface area contributed by atoms with Gasteiger partial charge in [-0.15, -0.1) is 11.8 Å². The van der Waals surface area contributed by atoms with Crippen molar-refractivity contribution in [2.24, 2.45) is 0 Å². The van der Waals surface area contributed by atoms with Crippen LogP contribution in [0, 0.1) is 0 Å². The Morgan fingerprint density at radius 2 is 0.841 bits per heavy atom. The zero-order valence-electron chi connectivity index (χ0n) is 23.8. The third-order valence-corrected chi connectivity index (χ3v) is 10.0. The van der Waals surface area contributed by atoms with Gasteiger partial charge in [0.2, 0.25) is 0 Å². The highest BCUT2D eigenvalue weighted by Crippen LogP contribution is 2.45. The van der Waals surface area contributed by atoms with Gasteiger partial charge in [-0.3, -0.25) is 14.4 Å². The van der Waals surface area contributed by atoms with Gasteiger partial charge in [-0.2, -0.15) is 0 Å². The van der Waals surface area contributed by atoms with Crippen LogP contribution in [0.25, 0.3) is 22.3 Å². The second kappa shape index (κ2) is 11.9. The van der Waals surface area contributed by atoms with Crippen molar-refractivity contribution in [2.75, 3.05) is 4.90 Å². The van der Waals surface area contributed by atoms with Crippen molar-refractivity contribution in [3.05, 3.63) is 161 Å². The number of anilines is 1. The second-order valence-electron chi connectivity index (χ2n) is 11.2. The Kier molecular flexibility index (Phi) is 7.55. The molecule has 1 saturated heterocycles. The molecule has 0 N–H and O–H groups in total. The van der Waals surface area contributed by atoms with E-state index in [4.69, 9.17) is 0 Å². The molecule has 4 aromatic rings. The molecule has 44 heavy (non-hydrogen) atoms. The molecular weight excluding hydrogens is 563 g/mol. The van der Waals surface area contributed by atoms with Crippen molar-refractivity contribution in [2.45, 2.75) is 22.6 Å². The van der Waals surface area contributed by atoms with Crippen molar-refractivity contribution in [1.82, 2.24) is 0 Å². The minimum atomic E-state index is 0.156. The second-order valence-corrected chi connectivity index (χ2v) is 12.5. The van der Waals surface area contributed by atoms with Crippen molar-refractivity contribution >= 4 is 47.5 Å². The normalized spacial score (nSPS) is 21.9. The first-order valence-corrected chi connectivity index (χ1v) is 15.6. The summed E-state index contributed by atoms with van der Waals surface area (Å²) in [6.07, 6.45) is 16.4. The van der Waals surface area contributed by atoms with E-state index >= 15 is 0 Å². The van der Waals surface area contributed by atoms with Crippen LogP contribution in [0.2, 0.25) is 0 Å². The molecule has 4 aromatic carbocycles. The molecule has 214 valence electrons. The van der Waals surface area contributed by atoms with Gasteiger partial charge < -0.3 is 4.90 Å². The predicted octanol–water partition coefficient (Wildman–Crippen LogP) is 8.13. The van der Waals surface area contributed by atoms with Crippen molar-refractivity contribution < 1.29 is 14.4 Å². The molecular formula is C39H29NO3S. The molecule has 1 heterocycles. The summed E-state index contributed by atoms with van der Waals surface area (Å²) in [5, 5.41) is 0.415. The highest BCUT2D eigenvalue weighted by molar-refractivity contribution is 8.01. The van der Waals surface area contributed by atoms with Crippen molar-refractivity contribution in [3.63, 3.8) is 0 Å². The topological polar surface area (TPSA) is 54.5 Å². The van der Waals surface area contributed by atoms with Crippen LogP contribution in [0.5, 0.6) is 0 Å². The Bertz CT molecular complexity index is 1740. The first-order chi connectivity index (χ1) is 21.6. The number of fused-ring (bicyclic) bond motifs is 2. The Hall–Kier alpha value is -5.00. The molecule has 4 nitrogen and oxygen atoms in total. The number of nitrogens with zero attached hydrogens (tertiary/aromatic N) is 1. The van der Waals surface area contributed by atoms with E-state index in [1.165, 1.54) is 0 Å². The predicted molar refractivity (Wildman–Crippen MR) is 180 cm³/mol. The number of thioether (sulfide) groups is 1. The van der Waals surface area contributed by atoms with Gasteiger partial charge in [-0.05, 0) is 45.5 Å².